The van der Waals surface area contributed by atoms with Gasteiger partial charge in [-0.1, -0.05) is 0 Å². The topological polar surface area (TPSA) is 105 Å². The normalized spacial score (nSPS) is 30.1. The van der Waals surface area contributed by atoms with Gasteiger partial charge in [0.1, 0.15) is 12.3 Å². The minimum Gasteiger partial charge on any atom is -0.394 e. The van der Waals surface area contributed by atoms with E-state index in [0.717, 1.165) is 10.8 Å². The second kappa shape index (κ2) is 5.08. The molecule has 1 saturated heterocycles. The maximum Gasteiger partial charge on any atom is 0.330 e. The van der Waals surface area contributed by atoms with Crippen LogP contribution in [0, 0.1) is 6.92 Å². The van der Waals surface area contributed by atoms with Gasteiger partial charge < -0.3 is 14.9 Å². The number of hydrogen-bond donors (Lipinski definition) is 3. The molecule has 0 aliphatic carbocycles. The maximum absolute atomic E-state index is 12.9. The minimum atomic E-state index is -3.13. The molecule has 20 heavy (non-hydrogen) atoms. The molecule has 9 heteroatoms. The van der Waals surface area contributed by atoms with Gasteiger partial charge in [-0.15, -0.1) is 0 Å². The summed E-state index contributed by atoms with van der Waals surface area (Å²) in [6.45, 7) is 0.626. The molecule has 7 nitrogen and oxygen atoms in total. The zero-order chi connectivity index (χ0) is 15.1. The Labute approximate surface area is 111 Å². The molecule has 1 aliphatic rings. The molecular weight excluding hydrogens is 278 g/mol. The number of ether oxygens (including phenoxy) is 1. The second-order valence-electron chi connectivity index (χ2n) is 4.74. The van der Waals surface area contributed by atoms with Gasteiger partial charge in [0.15, 0.2) is 5.60 Å². The highest BCUT2D eigenvalue weighted by Gasteiger charge is 2.54. The molecule has 0 aromatic carbocycles. The number of aromatic amines is 1. The number of aliphatic hydroxyl groups excluding tert-OH is 1. The van der Waals surface area contributed by atoms with Gasteiger partial charge >= 0.3 is 5.69 Å². The third-order valence-electron chi connectivity index (χ3n) is 3.38. The number of aromatic nitrogens is 2. The van der Waals surface area contributed by atoms with E-state index in [9.17, 15) is 23.5 Å². The lowest BCUT2D eigenvalue weighted by molar-refractivity contribution is -0.146. The Morgan fingerprint density at radius 2 is 2.25 bits per heavy atom. The van der Waals surface area contributed by atoms with E-state index in [1.165, 1.54) is 6.92 Å². The predicted molar refractivity (Wildman–Crippen MR) is 62.6 cm³/mol. The van der Waals surface area contributed by atoms with Crippen molar-refractivity contribution in [3.05, 3.63) is 32.6 Å². The summed E-state index contributed by atoms with van der Waals surface area (Å²) in [6, 6.07) is 0. The van der Waals surface area contributed by atoms with Crippen LogP contribution in [0.2, 0.25) is 0 Å². The largest absolute Gasteiger partial charge is 0.394 e. The molecule has 1 fully saturated rings. The minimum absolute atomic E-state index is 0.196. The summed E-state index contributed by atoms with van der Waals surface area (Å²) in [4.78, 5) is 24.9. The van der Waals surface area contributed by atoms with E-state index in [2.05, 4.69) is 0 Å². The summed E-state index contributed by atoms with van der Waals surface area (Å²) >= 11 is 0. The molecule has 112 valence electrons. The van der Waals surface area contributed by atoms with E-state index in [1.54, 1.807) is 0 Å². The van der Waals surface area contributed by atoms with Crippen LogP contribution < -0.4 is 11.2 Å². The molecule has 0 radical (unpaired) electrons. The molecule has 0 bridgehead atoms. The number of alkyl halides is 2. The Hall–Kier alpha value is -1.58. The van der Waals surface area contributed by atoms with Gasteiger partial charge in [0.25, 0.3) is 12.0 Å². The van der Waals surface area contributed by atoms with Gasteiger partial charge in [-0.3, -0.25) is 14.3 Å². The molecule has 1 aliphatic heterocycles. The van der Waals surface area contributed by atoms with Gasteiger partial charge in [-0.05, 0) is 6.92 Å². The number of nitrogens with zero attached hydrogens (tertiary/aromatic N) is 1. The summed E-state index contributed by atoms with van der Waals surface area (Å²) in [5.41, 5.74) is -3.77. The predicted octanol–water partition coefficient (Wildman–Crippen LogP) is -0.879. The Kier molecular flexibility index (Phi) is 3.76. The van der Waals surface area contributed by atoms with Crippen molar-refractivity contribution in [1.82, 2.24) is 9.55 Å². The zero-order valence-corrected chi connectivity index (χ0v) is 10.5. The average molecular weight is 292 g/mol. The number of hydrogen-bond acceptors (Lipinski definition) is 5. The number of nitrogens with one attached hydrogen (secondary N) is 1. The summed E-state index contributed by atoms with van der Waals surface area (Å²) in [6.07, 6.45) is -5.23. The van der Waals surface area contributed by atoms with Gasteiger partial charge in [-0.2, -0.15) is 0 Å². The fourth-order valence-corrected chi connectivity index (χ4v) is 2.16. The number of H-pyrrole nitrogens is 1. The Morgan fingerprint density at radius 1 is 1.60 bits per heavy atom. The zero-order valence-electron chi connectivity index (χ0n) is 10.5. The highest BCUT2D eigenvalue weighted by Crippen LogP contribution is 2.39. The van der Waals surface area contributed by atoms with E-state index >= 15 is 0 Å². The van der Waals surface area contributed by atoms with Crippen molar-refractivity contribution in [2.24, 2.45) is 0 Å². The summed E-state index contributed by atoms with van der Waals surface area (Å²) < 4.78 is 31.8. The Bertz CT molecular complexity index is 614. The van der Waals surface area contributed by atoms with Crippen LogP contribution in [0.3, 0.4) is 0 Å². The first-order chi connectivity index (χ1) is 9.29. The molecule has 3 N–H and O–H groups in total. The lowest BCUT2D eigenvalue weighted by atomic mass is 9.96. The van der Waals surface area contributed by atoms with E-state index in [1.807, 2.05) is 4.98 Å². The molecule has 0 spiro atoms. The molecule has 0 amide bonds. The molecule has 0 saturated carbocycles. The lowest BCUT2D eigenvalue weighted by Crippen LogP contribution is -2.46. The fraction of sp³-hybridized carbons (Fsp3) is 0.636. The van der Waals surface area contributed by atoms with Crippen molar-refractivity contribution in [2.45, 2.75) is 37.7 Å². The number of aryl methyl sites for hydroxylation is 1. The van der Waals surface area contributed by atoms with E-state index in [4.69, 9.17) is 9.84 Å². The van der Waals surface area contributed by atoms with Crippen LogP contribution in [-0.2, 0) is 4.74 Å². The first-order valence-corrected chi connectivity index (χ1v) is 5.88. The van der Waals surface area contributed by atoms with Crippen LogP contribution >= 0.6 is 0 Å². The van der Waals surface area contributed by atoms with Gasteiger partial charge in [0.2, 0.25) is 0 Å². The van der Waals surface area contributed by atoms with Crippen molar-refractivity contribution < 1.29 is 23.7 Å². The van der Waals surface area contributed by atoms with Crippen molar-refractivity contribution >= 4 is 0 Å². The van der Waals surface area contributed by atoms with E-state index < -0.39 is 48.6 Å². The highest BCUT2D eigenvalue weighted by molar-refractivity contribution is 5.04. The third kappa shape index (κ3) is 2.28. The number of aliphatic hydroxyl groups is 2. The van der Waals surface area contributed by atoms with Crippen molar-refractivity contribution in [2.75, 3.05) is 6.61 Å². The number of rotatable bonds is 3. The number of halogens is 2. The SMILES string of the molecule is Cc1cn([C@H]2C[C@](O)(C(F)F)[C@@H](CO)O2)c(=O)[nH]c1=O. The first-order valence-electron chi connectivity index (χ1n) is 5.88. The first kappa shape index (κ1) is 14.8. The van der Waals surface area contributed by atoms with Crippen molar-refractivity contribution in [1.29, 1.82) is 0 Å². The third-order valence-corrected chi connectivity index (χ3v) is 3.38. The van der Waals surface area contributed by atoms with Crippen molar-refractivity contribution in [3.8, 4) is 0 Å². The monoisotopic (exact) mass is 292 g/mol. The second-order valence-corrected chi connectivity index (χ2v) is 4.74. The molecule has 0 unspecified atom stereocenters. The van der Waals surface area contributed by atoms with Crippen LogP contribution in [0.25, 0.3) is 0 Å². The average Bonchev–Trinajstić information content (AvgIpc) is 2.72. The van der Waals surface area contributed by atoms with Gasteiger partial charge in [0, 0.05) is 18.2 Å². The standard InChI is InChI=1S/C11H14F2N2O5/c1-5-3-15(10(18)14-8(5)17)7-2-11(19,9(12)13)6(4-16)20-7/h3,6-7,9,16,19H,2,4H2,1H3,(H,14,17,18)/t6-,7-,11-/m1/s1. The van der Waals surface area contributed by atoms with Crippen LogP contribution in [0.1, 0.15) is 18.2 Å². The molecule has 1 aromatic rings. The van der Waals surface area contributed by atoms with Crippen molar-refractivity contribution in [3.63, 3.8) is 0 Å². The molecule has 3 atom stereocenters. The summed E-state index contributed by atoms with van der Waals surface area (Å²) in [5.74, 6) is 0. The molecule has 1 aromatic heterocycles. The van der Waals surface area contributed by atoms with Crippen LogP contribution in [0.5, 0.6) is 0 Å². The van der Waals surface area contributed by atoms with Gasteiger partial charge in [-0.25, -0.2) is 13.6 Å². The Morgan fingerprint density at radius 3 is 2.75 bits per heavy atom. The lowest BCUT2D eigenvalue weighted by Gasteiger charge is -2.25. The van der Waals surface area contributed by atoms with Gasteiger partial charge in [0.05, 0.1) is 6.61 Å². The van der Waals surface area contributed by atoms with Crippen LogP contribution in [0.4, 0.5) is 8.78 Å². The smallest absolute Gasteiger partial charge is 0.330 e. The molecular formula is C11H14F2N2O5. The molecule has 2 heterocycles. The summed E-state index contributed by atoms with van der Waals surface area (Å²) in [5, 5.41) is 18.9. The van der Waals surface area contributed by atoms with Crippen LogP contribution in [-0.4, -0.2) is 44.5 Å². The summed E-state index contributed by atoms with van der Waals surface area (Å²) in [7, 11) is 0. The van der Waals surface area contributed by atoms with E-state index in [-0.39, 0.29) is 5.56 Å². The van der Waals surface area contributed by atoms with Crippen LogP contribution in [0.15, 0.2) is 15.8 Å². The maximum atomic E-state index is 12.9. The molecule has 2 rings (SSSR count). The highest BCUT2D eigenvalue weighted by atomic mass is 19.3. The fourth-order valence-electron chi connectivity index (χ4n) is 2.16. The van der Waals surface area contributed by atoms with E-state index in [0.29, 0.717) is 0 Å². The quantitative estimate of drug-likeness (QED) is 0.671. The Balaban J connectivity index is 2.40.